The summed E-state index contributed by atoms with van der Waals surface area (Å²) >= 11 is 0. The Kier molecular flexibility index (Phi) is 3.48. The Bertz CT molecular complexity index is 534. The topological polar surface area (TPSA) is 44.1 Å². The van der Waals surface area contributed by atoms with E-state index in [0.717, 1.165) is 19.3 Å². The van der Waals surface area contributed by atoms with E-state index < -0.39 is 0 Å². The smallest absolute Gasteiger partial charge is 0.223 e. The lowest BCUT2D eigenvalue weighted by molar-refractivity contribution is -0.144. The second kappa shape index (κ2) is 5.28. The van der Waals surface area contributed by atoms with Crippen molar-refractivity contribution in [3.63, 3.8) is 0 Å². The summed E-state index contributed by atoms with van der Waals surface area (Å²) in [5, 5.41) is 9.17. The predicted octanol–water partition coefficient (Wildman–Crippen LogP) is 3.29. The quantitative estimate of drug-likeness (QED) is 0.826. The lowest BCUT2D eigenvalue weighted by atomic mass is 9.72. The van der Waals surface area contributed by atoms with Crippen LogP contribution in [-0.4, -0.2) is 16.8 Å². The molecule has 0 spiro atoms. The molecule has 3 heteroatoms. The van der Waals surface area contributed by atoms with Crippen LogP contribution in [0.5, 0.6) is 0 Å². The van der Waals surface area contributed by atoms with Crippen molar-refractivity contribution >= 4 is 5.91 Å². The van der Waals surface area contributed by atoms with Gasteiger partial charge < -0.3 is 4.90 Å². The maximum absolute atomic E-state index is 12.5. The van der Waals surface area contributed by atoms with Crippen LogP contribution in [0.4, 0.5) is 0 Å². The fourth-order valence-electron chi connectivity index (χ4n) is 3.85. The monoisotopic (exact) mass is 268 g/mol. The summed E-state index contributed by atoms with van der Waals surface area (Å²) in [5.41, 5.74) is 1.20. The number of carbonyl (C=O) groups is 1. The number of likely N-dealkylation sites (tertiary alicyclic amines) is 1. The molecule has 1 aliphatic heterocycles. The molecule has 2 fully saturated rings. The number of nitrogens with zero attached hydrogens (tertiary/aromatic N) is 2. The summed E-state index contributed by atoms with van der Waals surface area (Å²) in [6.07, 6.45) is 3.46. The predicted molar refractivity (Wildman–Crippen MR) is 76.6 cm³/mol. The van der Waals surface area contributed by atoms with Crippen molar-refractivity contribution < 1.29 is 4.79 Å². The van der Waals surface area contributed by atoms with Gasteiger partial charge in [0.15, 0.2) is 0 Å². The molecule has 1 aromatic carbocycles. The van der Waals surface area contributed by atoms with E-state index in [4.69, 9.17) is 5.26 Å². The Morgan fingerprint density at radius 3 is 2.75 bits per heavy atom. The number of nitriles is 1. The molecule has 3 rings (SSSR count). The Morgan fingerprint density at radius 1 is 1.30 bits per heavy atom. The first-order valence-electron chi connectivity index (χ1n) is 7.46. The molecule has 1 saturated heterocycles. The lowest BCUT2D eigenvalue weighted by Crippen LogP contribution is -2.51. The molecule has 0 unspecified atom stereocenters. The van der Waals surface area contributed by atoms with Gasteiger partial charge >= 0.3 is 0 Å². The average Bonchev–Trinajstić information content (AvgIpc) is 2.48. The van der Waals surface area contributed by atoms with Gasteiger partial charge in [0, 0.05) is 18.4 Å². The second-order valence-corrected chi connectivity index (χ2v) is 6.05. The van der Waals surface area contributed by atoms with Gasteiger partial charge in [-0.3, -0.25) is 4.79 Å². The normalized spacial score (nSPS) is 30.7. The van der Waals surface area contributed by atoms with E-state index in [0.29, 0.717) is 12.5 Å². The Hall–Kier alpha value is -1.82. The lowest BCUT2D eigenvalue weighted by Gasteiger charge is -2.47. The molecule has 1 aliphatic carbocycles. The van der Waals surface area contributed by atoms with E-state index in [1.165, 1.54) is 5.56 Å². The van der Waals surface area contributed by atoms with Gasteiger partial charge in [0.1, 0.15) is 0 Å². The average molecular weight is 268 g/mol. The molecular weight excluding hydrogens is 248 g/mol. The van der Waals surface area contributed by atoms with Gasteiger partial charge in [-0.15, -0.1) is 0 Å². The summed E-state index contributed by atoms with van der Waals surface area (Å²) in [7, 11) is 0. The first-order valence-corrected chi connectivity index (χ1v) is 7.46. The zero-order valence-corrected chi connectivity index (χ0v) is 11.8. The molecule has 0 aromatic heterocycles. The number of hydrogen-bond donors (Lipinski definition) is 0. The van der Waals surface area contributed by atoms with Gasteiger partial charge in [-0.2, -0.15) is 5.26 Å². The molecule has 2 aliphatic rings. The third-order valence-electron chi connectivity index (χ3n) is 4.94. The highest BCUT2D eigenvalue weighted by molar-refractivity contribution is 5.78. The highest BCUT2D eigenvalue weighted by Gasteiger charge is 2.42. The SMILES string of the molecule is C[C@@H](c1ccccc1)N1C(=O)C[C@@H]2C[C@H]1CC[C@H]2C#N. The van der Waals surface area contributed by atoms with Gasteiger partial charge in [-0.25, -0.2) is 0 Å². The number of amides is 1. The van der Waals surface area contributed by atoms with Crippen molar-refractivity contribution in [2.24, 2.45) is 11.8 Å². The van der Waals surface area contributed by atoms with Gasteiger partial charge in [0.05, 0.1) is 12.1 Å². The van der Waals surface area contributed by atoms with E-state index in [9.17, 15) is 4.79 Å². The fraction of sp³-hybridized carbons (Fsp3) is 0.529. The minimum Gasteiger partial charge on any atom is -0.333 e. The number of fused-ring (bicyclic) bond motifs is 2. The van der Waals surface area contributed by atoms with Crippen LogP contribution in [0.1, 0.15) is 44.2 Å². The van der Waals surface area contributed by atoms with Crippen LogP contribution in [0.3, 0.4) is 0 Å². The van der Waals surface area contributed by atoms with Crippen molar-refractivity contribution in [1.29, 1.82) is 5.26 Å². The zero-order valence-electron chi connectivity index (χ0n) is 11.8. The largest absolute Gasteiger partial charge is 0.333 e. The van der Waals surface area contributed by atoms with Crippen molar-refractivity contribution in [3.05, 3.63) is 35.9 Å². The molecule has 0 N–H and O–H groups in total. The van der Waals surface area contributed by atoms with Crippen LogP contribution in [0.15, 0.2) is 30.3 Å². The highest BCUT2D eigenvalue weighted by Crippen LogP contribution is 2.42. The maximum atomic E-state index is 12.5. The molecule has 2 bridgehead atoms. The number of carbonyl (C=O) groups excluding carboxylic acids is 1. The molecular formula is C17H20N2O. The van der Waals surface area contributed by atoms with E-state index >= 15 is 0 Å². The minimum absolute atomic E-state index is 0.0874. The molecule has 104 valence electrons. The van der Waals surface area contributed by atoms with E-state index in [-0.39, 0.29) is 23.8 Å². The zero-order chi connectivity index (χ0) is 14.1. The number of benzene rings is 1. The van der Waals surface area contributed by atoms with E-state index in [2.05, 4.69) is 30.0 Å². The minimum atomic E-state index is 0.0874. The van der Waals surface area contributed by atoms with Crippen molar-refractivity contribution in [2.75, 3.05) is 0 Å². The van der Waals surface area contributed by atoms with E-state index in [1.807, 2.05) is 18.2 Å². The van der Waals surface area contributed by atoms with Crippen LogP contribution >= 0.6 is 0 Å². The Balaban J connectivity index is 1.82. The van der Waals surface area contributed by atoms with Crippen molar-refractivity contribution in [3.8, 4) is 6.07 Å². The molecule has 20 heavy (non-hydrogen) atoms. The van der Waals surface area contributed by atoms with Gasteiger partial charge in [0.2, 0.25) is 5.91 Å². The summed E-state index contributed by atoms with van der Waals surface area (Å²) < 4.78 is 0. The van der Waals surface area contributed by atoms with Crippen LogP contribution in [0.25, 0.3) is 0 Å². The summed E-state index contributed by atoms with van der Waals surface area (Å²) in [6, 6.07) is 13.1. The summed E-state index contributed by atoms with van der Waals surface area (Å²) in [4.78, 5) is 14.6. The van der Waals surface area contributed by atoms with Gasteiger partial charge in [-0.05, 0) is 37.7 Å². The second-order valence-electron chi connectivity index (χ2n) is 6.05. The molecule has 1 heterocycles. The van der Waals surface area contributed by atoms with Gasteiger partial charge in [-0.1, -0.05) is 30.3 Å². The molecule has 4 atom stereocenters. The van der Waals surface area contributed by atoms with Crippen LogP contribution in [-0.2, 0) is 4.79 Å². The van der Waals surface area contributed by atoms with Crippen LogP contribution < -0.4 is 0 Å². The Morgan fingerprint density at radius 2 is 2.05 bits per heavy atom. The number of hydrogen-bond acceptors (Lipinski definition) is 2. The summed E-state index contributed by atoms with van der Waals surface area (Å²) in [5.74, 6) is 0.595. The standard InChI is InChI=1S/C17H20N2O/c1-12(13-5-3-2-4-6-13)19-16-8-7-14(11-18)15(9-16)10-17(19)20/h2-6,12,14-16H,7-10H2,1H3/t12-,14-,15-,16+/m0/s1. The summed E-state index contributed by atoms with van der Waals surface area (Å²) in [6.45, 7) is 2.12. The third-order valence-corrected chi connectivity index (χ3v) is 4.94. The molecule has 1 aromatic rings. The molecule has 1 saturated carbocycles. The van der Waals surface area contributed by atoms with Crippen molar-refractivity contribution in [2.45, 2.75) is 44.7 Å². The Labute approximate surface area is 120 Å². The van der Waals surface area contributed by atoms with Crippen LogP contribution in [0, 0.1) is 23.2 Å². The highest BCUT2D eigenvalue weighted by atomic mass is 16.2. The first-order chi connectivity index (χ1) is 9.70. The van der Waals surface area contributed by atoms with Gasteiger partial charge in [0.25, 0.3) is 0 Å². The van der Waals surface area contributed by atoms with Crippen molar-refractivity contribution in [1.82, 2.24) is 4.90 Å². The number of piperidine rings is 1. The first kappa shape index (κ1) is 13.2. The molecule has 3 nitrogen and oxygen atoms in total. The van der Waals surface area contributed by atoms with Crippen LogP contribution in [0.2, 0.25) is 0 Å². The maximum Gasteiger partial charge on any atom is 0.223 e. The van der Waals surface area contributed by atoms with E-state index in [1.54, 1.807) is 0 Å². The number of rotatable bonds is 2. The molecule has 0 radical (unpaired) electrons. The fourth-order valence-corrected chi connectivity index (χ4v) is 3.85. The molecule has 1 amide bonds. The third kappa shape index (κ3) is 2.20.